The fourth-order valence-electron chi connectivity index (χ4n) is 2.34. The van der Waals surface area contributed by atoms with Crippen LogP contribution in [0.25, 0.3) is 0 Å². The van der Waals surface area contributed by atoms with Gasteiger partial charge < -0.3 is 14.5 Å². The molecule has 2 aromatic rings. The van der Waals surface area contributed by atoms with Crippen LogP contribution in [0.15, 0.2) is 30.6 Å². The third-order valence-electron chi connectivity index (χ3n) is 3.56. The quantitative estimate of drug-likeness (QED) is 0.818. The maximum atomic E-state index is 12.3. The molecule has 1 fully saturated rings. The first kappa shape index (κ1) is 15.1. The number of aromatic nitrogens is 4. The highest BCUT2D eigenvalue weighted by molar-refractivity contribution is 5.90. The van der Waals surface area contributed by atoms with Crippen LogP contribution in [0.2, 0.25) is 0 Å². The second kappa shape index (κ2) is 6.55. The molecule has 2 aromatic heterocycles. The maximum absolute atomic E-state index is 12.3. The van der Waals surface area contributed by atoms with Gasteiger partial charge in [0.15, 0.2) is 5.82 Å². The van der Waals surface area contributed by atoms with E-state index in [4.69, 9.17) is 4.74 Å². The van der Waals surface area contributed by atoms with E-state index < -0.39 is 0 Å². The predicted octanol–water partition coefficient (Wildman–Crippen LogP) is 0.626. The normalized spacial score (nSPS) is 17.1. The Hall–Kier alpha value is -2.77. The molecule has 0 N–H and O–H groups in total. The van der Waals surface area contributed by atoms with Gasteiger partial charge in [-0.3, -0.25) is 4.79 Å². The van der Waals surface area contributed by atoms with Crippen molar-refractivity contribution in [2.75, 3.05) is 32.1 Å². The first-order chi connectivity index (χ1) is 11.1. The molecule has 0 aromatic carbocycles. The Balaban J connectivity index is 1.58. The van der Waals surface area contributed by atoms with E-state index in [9.17, 15) is 4.79 Å². The van der Waals surface area contributed by atoms with Crippen molar-refractivity contribution in [3.05, 3.63) is 36.4 Å². The van der Waals surface area contributed by atoms with Gasteiger partial charge >= 0.3 is 0 Å². The zero-order valence-electron chi connectivity index (χ0n) is 13.1. The van der Waals surface area contributed by atoms with Crippen molar-refractivity contribution in [2.45, 2.75) is 12.5 Å². The highest BCUT2D eigenvalue weighted by atomic mass is 16.5. The molecule has 8 heteroatoms. The Labute approximate surface area is 134 Å². The minimum Gasteiger partial charge on any atom is -0.471 e. The van der Waals surface area contributed by atoms with Crippen LogP contribution in [0.3, 0.4) is 0 Å². The summed E-state index contributed by atoms with van der Waals surface area (Å²) in [5.41, 5.74) is 0. The van der Waals surface area contributed by atoms with Gasteiger partial charge in [0.2, 0.25) is 11.7 Å². The molecule has 0 saturated carbocycles. The molecule has 1 aliphatic rings. The van der Waals surface area contributed by atoms with Crippen molar-refractivity contribution in [3.8, 4) is 5.88 Å². The minimum atomic E-state index is -0.175. The van der Waals surface area contributed by atoms with E-state index in [1.807, 2.05) is 25.1 Å². The monoisotopic (exact) mass is 314 g/mol. The number of rotatable bonds is 4. The SMILES string of the molecule is CN(C)c1ccc(O[C@H]2CCN(C(=O)c3ncccn3)C2)nn1. The fraction of sp³-hybridized carbons (Fsp3) is 0.400. The van der Waals surface area contributed by atoms with Gasteiger partial charge in [0.1, 0.15) is 6.10 Å². The van der Waals surface area contributed by atoms with Crippen LogP contribution in [0, 0.1) is 0 Å². The maximum Gasteiger partial charge on any atom is 0.291 e. The van der Waals surface area contributed by atoms with Crippen LogP contribution in [-0.2, 0) is 0 Å². The third-order valence-corrected chi connectivity index (χ3v) is 3.56. The molecule has 8 nitrogen and oxygen atoms in total. The van der Waals surface area contributed by atoms with Gasteiger partial charge in [-0.15, -0.1) is 10.2 Å². The number of hydrogen-bond donors (Lipinski definition) is 0. The van der Waals surface area contributed by atoms with E-state index in [0.717, 1.165) is 12.2 Å². The molecular formula is C15H18N6O2. The van der Waals surface area contributed by atoms with Crippen molar-refractivity contribution in [3.63, 3.8) is 0 Å². The third kappa shape index (κ3) is 3.53. The van der Waals surface area contributed by atoms with Gasteiger partial charge in [0.05, 0.1) is 6.54 Å². The summed E-state index contributed by atoms with van der Waals surface area (Å²) in [6, 6.07) is 5.31. The van der Waals surface area contributed by atoms with E-state index in [2.05, 4.69) is 20.2 Å². The molecular weight excluding hydrogens is 296 g/mol. The molecule has 0 spiro atoms. The van der Waals surface area contributed by atoms with Crippen LogP contribution in [0.4, 0.5) is 5.82 Å². The highest BCUT2D eigenvalue weighted by Gasteiger charge is 2.29. The molecule has 1 aliphatic heterocycles. The Kier molecular flexibility index (Phi) is 4.31. The van der Waals surface area contributed by atoms with Gasteiger partial charge in [-0.25, -0.2) is 9.97 Å². The van der Waals surface area contributed by atoms with Crippen molar-refractivity contribution in [2.24, 2.45) is 0 Å². The Morgan fingerprint density at radius 3 is 2.70 bits per heavy atom. The summed E-state index contributed by atoms with van der Waals surface area (Å²) in [4.78, 5) is 23.8. The number of hydrogen-bond acceptors (Lipinski definition) is 7. The minimum absolute atomic E-state index is 0.0952. The van der Waals surface area contributed by atoms with E-state index in [-0.39, 0.29) is 17.8 Å². The molecule has 0 unspecified atom stereocenters. The van der Waals surface area contributed by atoms with Crippen LogP contribution in [0.1, 0.15) is 17.0 Å². The molecule has 1 saturated heterocycles. The first-order valence-corrected chi connectivity index (χ1v) is 7.37. The summed E-state index contributed by atoms with van der Waals surface area (Å²) in [7, 11) is 3.80. The fourth-order valence-corrected chi connectivity index (χ4v) is 2.34. The average molecular weight is 314 g/mol. The number of anilines is 1. The summed E-state index contributed by atoms with van der Waals surface area (Å²) in [6.07, 6.45) is 3.77. The molecule has 120 valence electrons. The average Bonchev–Trinajstić information content (AvgIpc) is 3.04. The van der Waals surface area contributed by atoms with E-state index in [0.29, 0.717) is 19.0 Å². The standard InChI is InChI=1S/C15H18N6O2/c1-20(2)12-4-5-13(19-18-12)23-11-6-9-21(10-11)15(22)14-16-7-3-8-17-14/h3-5,7-8,11H,6,9-10H2,1-2H3/t11-/m0/s1. The topological polar surface area (TPSA) is 84.3 Å². The van der Waals surface area contributed by atoms with Gasteiger partial charge in [-0.05, 0) is 12.1 Å². The summed E-state index contributed by atoms with van der Waals surface area (Å²) in [6.45, 7) is 1.11. The van der Waals surface area contributed by atoms with E-state index in [1.165, 1.54) is 0 Å². The van der Waals surface area contributed by atoms with Crippen molar-refractivity contribution in [1.29, 1.82) is 0 Å². The zero-order valence-corrected chi connectivity index (χ0v) is 13.1. The molecule has 3 heterocycles. The smallest absolute Gasteiger partial charge is 0.291 e. The number of likely N-dealkylation sites (tertiary alicyclic amines) is 1. The summed E-state index contributed by atoms with van der Waals surface area (Å²) >= 11 is 0. The number of nitrogens with zero attached hydrogens (tertiary/aromatic N) is 6. The summed E-state index contributed by atoms with van der Waals surface area (Å²) in [5, 5.41) is 8.12. The summed E-state index contributed by atoms with van der Waals surface area (Å²) in [5.74, 6) is 1.27. The Bertz CT molecular complexity index is 661. The lowest BCUT2D eigenvalue weighted by molar-refractivity contribution is 0.0759. The largest absolute Gasteiger partial charge is 0.471 e. The molecule has 23 heavy (non-hydrogen) atoms. The number of carbonyl (C=O) groups is 1. The second-order valence-electron chi connectivity index (χ2n) is 5.48. The van der Waals surface area contributed by atoms with Crippen LogP contribution in [-0.4, -0.2) is 64.3 Å². The highest BCUT2D eigenvalue weighted by Crippen LogP contribution is 2.18. The van der Waals surface area contributed by atoms with Crippen LogP contribution in [0.5, 0.6) is 5.88 Å². The lowest BCUT2D eigenvalue weighted by Gasteiger charge is -2.16. The number of ether oxygens (including phenoxy) is 1. The number of carbonyl (C=O) groups excluding carboxylic acids is 1. The van der Waals surface area contributed by atoms with Crippen molar-refractivity contribution < 1.29 is 9.53 Å². The first-order valence-electron chi connectivity index (χ1n) is 7.37. The molecule has 0 radical (unpaired) electrons. The van der Waals surface area contributed by atoms with E-state index in [1.54, 1.807) is 29.4 Å². The molecule has 0 aliphatic carbocycles. The van der Waals surface area contributed by atoms with Crippen molar-refractivity contribution >= 4 is 11.7 Å². The van der Waals surface area contributed by atoms with Crippen molar-refractivity contribution in [1.82, 2.24) is 25.1 Å². The molecule has 3 rings (SSSR count). The Morgan fingerprint density at radius 2 is 2.04 bits per heavy atom. The van der Waals surface area contributed by atoms with E-state index >= 15 is 0 Å². The van der Waals surface area contributed by atoms with Gasteiger partial charge in [0.25, 0.3) is 5.91 Å². The van der Waals surface area contributed by atoms with Crippen LogP contribution < -0.4 is 9.64 Å². The predicted molar refractivity (Wildman–Crippen MR) is 83.3 cm³/mol. The lowest BCUT2D eigenvalue weighted by atomic mass is 10.3. The second-order valence-corrected chi connectivity index (χ2v) is 5.48. The van der Waals surface area contributed by atoms with Gasteiger partial charge in [0, 0.05) is 45.5 Å². The van der Waals surface area contributed by atoms with Gasteiger partial charge in [-0.1, -0.05) is 0 Å². The van der Waals surface area contributed by atoms with Crippen LogP contribution >= 0.6 is 0 Å². The number of amides is 1. The summed E-state index contributed by atoms with van der Waals surface area (Å²) < 4.78 is 5.80. The molecule has 0 bridgehead atoms. The van der Waals surface area contributed by atoms with Gasteiger partial charge in [-0.2, -0.15) is 0 Å². The zero-order chi connectivity index (χ0) is 16.2. The Morgan fingerprint density at radius 1 is 1.26 bits per heavy atom. The molecule has 1 atom stereocenters. The lowest BCUT2D eigenvalue weighted by Crippen LogP contribution is -2.32. The molecule has 1 amide bonds.